The molecule has 152 valence electrons. The number of hydrogen-bond acceptors (Lipinski definition) is 4. The third kappa shape index (κ3) is 5.61. The van der Waals surface area contributed by atoms with Crippen molar-refractivity contribution in [3.05, 3.63) is 56.1 Å². The van der Waals surface area contributed by atoms with E-state index in [0.29, 0.717) is 5.92 Å². The average molecular weight is 585 g/mol. The second kappa shape index (κ2) is 10.1. The molecule has 0 saturated carbocycles. The highest BCUT2D eigenvalue weighted by Crippen LogP contribution is 2.28. The van der Waals surface area contributed by atoms with E-state index >= 15 is 0 Å². The fourth-order valence-electron chi connectivity index (χ4n) is 2.93. The first-order valence-electron chi connectivity index (χ1n) is 9.30. The summed E-state index contributed by atoms with van der Waals surface area (Å²) in [6.45, 7) is 7.04. The first-order chi connectivity index (χ1) is 13.9. The third-order valence-electron chi connectivity index (χ3n) is 4.38. The fraction of sp³-hybridized carbons (Fsp3) is 0.286. The molecule has 0 fully saturated rings. The van der Waals surface area contributed by atoms with Gasteiger partial charge in [0.05, 0.1) is 5.75 Å². The first-order valence-corrected chi connectivity index (χ1v) is 12.2. The highest BCUT2D eigenvalue weighted by atomic mass is 127. The summed E-state index contributed by atoms with van der Waals surface area (Å²) in [7, 11) is 0. The number of hydrogen-bond donors (Lipinski definition) is 1. The normalized spacial score (nSPS) is 11.1. The number of carbonyl (C=O) groups is 1. The lowest BCUT2D eigenvalue weighted by Gasteiger charge is -2.14. The molecule has 0 bridgehead atoms. The van der Waals surface area contributed by atoms with E-state index in [1.807, 2.05) is 41.0 Å². The van der Waals surface area contributed by atoms with Gasteiger partial charge in [-0.05, 0) is 71.3 Å². The summed E-state index contributed by atoms with van der Waals surface area (Å²) in [5, 5.41) is 12.4. The molecule has 3 aromatic rings. The van der Waals surface area contributed by atoms with Crippen LogP contribution in [0.1, 0.15) is 32.3 Å². The molecular weight excluding hydrogens is 563 g/mol. The topological polar surface area (TPSA) is 59.8 Å². The molecule has 0 radical (unpaired) electrons. The van der Waals surface area contributed by atoms with Gasteiger partial charge in [-0.15, -0.1) is 10.2 Å². The van der Waals surface area contributed by atoms with E-state index in [1.165, 1.54) is 11.8 Å². The van der Waals surface area contributed by atoms with Gasteiger partial charge in [-0.1, -0.05) is 53.7 Å². The maximum absolute atomic E-state index is 12.6. The molecule has 0 atom stereocenters. The molecule has 1 aromatic heterocycles. The van der Waals surface area contributed by atoms with Gasteiger partial charge in [0.1, 0.15) is 0 Å². The summed E-state index contributed by atoms with van der Waals surface area (Å²) < 4.78 is 4.22. The van der Waals surface area contributed by atoms with Gasteiger partial charge in [0.2, 0.25) is 5.91 Å². The zero-order valence-electron chi connectivity index (χ0n) is 16.4. The van der Waals surface area contributed by atoms with Crippen LogP contribution in [0.5, 0.6) is 0 Å². The van der Waals surface area contributed by atoms with Crippen molar-refractivity contribution in [3.8, 4) is 11.4 Å². The maximum atomic E-state index is 12.6. The largest absolute Gasteiger partial charge is 0.325 e. The molecule has 29 heavy (non-hydrogen) atoms. The second-order valence-corrected chi connectivity index (χ2v) is 9.88. The fourth-order valence-corrected chi connectivity index (χ4v) is 4.52. The van der Waals surface area contributed by atoms with E-state index in [1.54, 1.807) is 0 Å². The third-order valence-corrected chi connectivity index (χ3v) is 6.54. The highest BCUT2D eigenvalue weighted by Gasteiger charge is 2.16. The molecule has 0 aliphatic rings. The molecule has 0 aliphatic heterocycles. The summed E-state index contributed by atoms with van der Waals surface area (Å²) in [6, 6.07) is 14.1. The number of nitrogens with one attached hydrogen (secondary N) is 1. The van der Waals surface area contributed by atoms with E-state index in [-0.39, 0.29) is 11.7 Å². The van der Waals surface area contributed by atoms with E-state index in [4.69, 9.17) is 0 Å². The minimum Gasteiger partial charge on any atom is -0.325 e. The molecule has 0 unspecified atom stereocenters. The van der Waals surface area contributed by atoms with Crippen LogP contribution in [0.2, 0.25) is 0 Å². The predicted molar refractivity (Wildman–Crippen MR) is 131 cm³/mol. The minimum atomic E-state index is -0.0473. The molecule has 0 aliphatic carbocycles. The SMILES string of the molecule is CCn1c(SCC(=O)Nc2ccc(I)cc2C(C)C)nnc1-c1ccc(Br)cc1. The summed E-state index contributed by atoms with van der Waals surface area (Å²) >= 11 is 7.15. The van der Waals surface area contributed by atoms with Crippen molar-refractivity contribution in [1.29, 1.82) is 0 Å². The van der Waals surface area contributed by atoms with Crippen molar-refractivity contribution in [2.45, 2.75) is 38.4 Å². The number of anilines is 1. The Morgan fingerprint density at radius 1 is 1.21 bits per heavy atom. The van der Waals surface area contributed by atoms with Crippen LogP contribution in [0.25, 0.3) is 11.4 Å². The first kappa shape index (κ1) is 22.3. The number of nitrogens with zero attached hydrogens (tertiary/aromatic N) is 3. The predicted octanol–water partition coefficient (Wildman–Crippen LogP) is 6.19. The Hall–Kier alpha value is -1.39. The molecule has 0 saturated heterocycles. The Morgan fingerprint density at radius 2 is 1.93 bits per heavy atom. The molecular formula is C21H22BrIN4OS. The zero-order chi connectivity index (χ0) is 21.0. The van der Waals surface area contributed by atoms with Crippen molar-refractivity contribution in [2.24, 2.45) is 0 Å². The maximum Gasteiger partial charge on any atom is 0.234 e. The van der Waals surface area contributed by atoms with Crippen molar-refractivity contribution < 1.29 is 4.79 Å². The van der Waals surface area contributed by atoms with Gasteiger partial charge in [0.25, 0.3) is 0 Å². The molecule has 1 amide bonds. The number of carbonyl (C=O) groups excluding carboxylic acids is 1. The van der Waals surface area contributed by atoms with Crippen molar-refractivity contribution in [3.63, 3.8) is 0 Å². The number of halogens is 2. The summed E-state index contributed by atoms with van der Waals surface area (Å²) in [5.74, 6) is 1.38. The van der Waals surface area contributed by atoms with Crippen LogP contribution in [0, 0.1) is 3.57 Å². The Morgan fingerprint density at radius 3 is 2.59 bits per heavy atom. The standard InChI is InChI=1S/C21H22BrIN4OS/c1-4-27-20(14-5-7-15(22)8-6-14)25-26-21(27)29-12-19(28)24-18-10-9-16(23)11-17(18)13(2)3/h5-11,13H,4,12H2,1-3H3,(H,24,28). The summed E-state index contributed by atoms with van der Waals surface area (Å²) in [5.41, 5.74) is 3.02. The second-order valence-electron chi connectivity index (χ2n) is 6.78. The number of thioether (sulfide) groups is 1. The molecule has 1 N–H and O–H groups in total. The van der Waals surface area contributed by atoms with Gasteiger partial charge in [0, 0.05) is 25.8 Å². The van der Waals surface area contributed by atoms with E-state index in [2.05, 4.69) is 80.9 Å². The molecule has 0 spiro atoms. The van der Waals surface area contributed by atoms with Crippen LogP contribution in [-0.4, -0.2) is 26.4 Å². The summed E-state index contributed by atoms with van der Waals surface area (Å²) in [4.78, 5) is 12.6. The van der Waals surface area contributed by atoms with Crippen LogP contribution < -0.4 is 5.32 Å². The number of aromatic nitrogens is 3. The average Bonchev–Trinajstić information content (AvgIpc) is 3.11. The highest BCUT2D eigenvalue weighted by molar-refractivity contribution is 14.1. The van der Waals surface area contributed by atoms with Crippen molar-refractivity contribution >= 4 is 61.9 Å². The Labute approximate surface area is 197 Å². The van der Waals surface area contributed by atoms with E-state index in [0.717, 1.165) is 42.4 Å². The van der Waals surface area contributed by atoms with Gasteiger partial charge in [-0.3, -0.25) is 4.79 Å². The van der Waals surface area contributed by atoms with Gasteiger partial charge in [0.15, 0.2) is 11.0 Å². The Bertz CT molecular complexity index is 1000. The van der Waals surface area contributed by atoms with Crippen LogP contribution in [0.3, 0.4) is 0 Å². The van der Waals surface area contributed by atoms with Crippen LogP contribution in [0.15, 0.2) is 52.1 Å². The lowest BCUT2D eigenvalue weighted by atomic mass is 10.0. The summed E-state index contributed by atoms with van der Waals surface area (Å²) in [6.07, 6.45) is 0. The lowest BCUT2D eigenvalue weighted by molar-refractivity contribution is -0.113. The monoisotopic (exact) mass is 584 g/mol. The van der Waals surface area contributed by atoms with Crippen LogP contribution in [-0.2, 0) is 11.3 Å². The van der Waals surface area contributed by atoms with Crippen LogP contribution in [0.4, 0.5) is 5.69 Å². The Kier molecular flexibility index (Phi) is 7.75. The smallest absolute Gasteiger partial charge is 0.234 e. The number of rotatable bonds is 7. The van der Waals surface area contributed by atoms with Crippen LogP contribution >= 0.6 is 50.3 Å². The molecule has 5 nitrogen and oxygen atoms in total. The number of amides is 1. The zero-order valence-corrected chi connectivity index (χ0v) is 21.0. The van der Waals surface area contributed by atoms with Gasteiger partial charge in [-0.25, -0.2) is 0 Å². The molecule has 8 heteroatoms. The van der Waals surface area contributed by atoms with E-state index in [9.17, 15) is 4.79 Å². The van der Waals surface area contributed by atoms with Crippen molar-refractivity contribution in [1.82, 2.24) is 14.8 Å². The lowest BCUT2D eigenvalue weighted by Crippen LogP contribution is -2.16. The Balaban J connectivity index is 1.70. The molecule has 1 heterocycles. The van der Waals surface area contributed by atoms with Gasteiger partial charge >= 0.3 is 0 Å². The molecule has 3 rings (SSSR count). The number of benzene rings is 2. The van der Waals surface area contributed by atoms with E-state index < -0.39 is 0 Å². The van der Waals surface area contributed by atoms with Gasteiger partial charge < -0.3 is 9.88 Å². The minimum absolute atomic E-state index is 0.0473. The van der Waals surface area contributed by atoms with Gasteiger partial charge in [-0.2, -0.15) is 0 Å². The quantitative estimate of drug-likeness (QED) is 0.266. The molecule has 2 aromatic carbocycles. The van der Waals surface area contributed by atoms with Crippen molar-refractivity contribution in [2.75, 3.05) is 11.1 Å².